The molecule has 3 aliphatic heterocycles. The second-order valence-corrected chi connectivity index (χ2v) is 9.59. The van der Waals surface area contributed by atoms with Gasteiger partial charge in [-0.2, -0.15) is 0 Å². The molecule has 11 heteroatoms. The maximum absolute atomic E-state index is 13.6. The van der Waals surface area contributed by atoms with Crippen LogP contribution in [0.5, 0.6) is 5.75 Å². The molecule has 39 heavy (non-hydrogen) atoms. The Bertz CT molecular complexity index is 1620. The van der Waals surface area contributed by atoms with Gasteiger partial charge in [0.2, 0.25) is 11.8 Å². The van der Waals surface area contributed by atoms with Gasteiger partial charge in [-0.3, -0.25) is 39.2 Å². The maximum Gasteiger partial charge on any atom is 0.264 e. The highest BCUT2D eigenvalue weighted by Gasteiger charge is 2.45. The van der Waals surface area contributed by atoms with Crippen LogP contribution in [-0.4, -0.2) is 59.1 Å². The number of nitrogens with one attached hydrogen (secondary N) is 2. The molecule has 3 aromatic rings. The van der Waals surface area contributed by atoms with E-state index in [9.17, 15) is 24.0 Å². The molecule has 11 nitrogen and oxygen atoms in total. The molecule has 1 saturated heterocycles. The predicted octanol–water partition coefficient (Wildman–Crippen LogP) is 2.56. The molecule has 1 aromatic heterocycles. The fraction of sp³-hybridized carbons (Fsp3) is 0.214. The number of aromatic nitrogens is 1. The molecule has 0 unspecified atom stereocenters. The molecule has 0 spiro atoms. The number of carbonyl (C=O) groups is 5. The topological polar surface area (TPSA) is 138 Å². The number of hydrogen-bond acceptors (Lipinski definition) is 8. The number of hydrogen-bond donors (Lipinski definition) is 2. The Morgan fingerprint density at radius 1 is 1.00 bits per heavy atom. The first-order chi connectivity index (χ1) is 18.7. The minimum absolute atomic E-state index is 0.0348. The Morgan fingerprint density at radius 3 is 2.59 bits per heavy atom. The van der Waals surface area contributed by atoms with E-state index in [1.165, 1.54) is 11.0 Å². The van der Waals surface area contributed by atoms with Crippen molar-refractivity contribution in [2.75, 3.05) is 23.9 Å². The summed E-state index contributed by atoms with van der Waals surface area (Å²) in [6.45, 7) is 1.79. The molecule has 5 amide bonds. The summed E-state index contributed by atoms with van der Waals surface area (Å²) in [4.78, 5) is 70.0. The number of imide groups is 2. The summed E-state index contributed by atoms with van der Waals surface area (Å²) < 4.78 is 5.71. The molecule has 196 valence electrons. The van der Waals surface area contributed by atoms with Crippen LogP contribution in [0.3, 0.4) is 0 Å². The van der Waals surface area contributed by atoms with E-state index in [1.807, 2.05) is 25.1 Å². The number of aryl methyl sites for hydroxylation is 1. The Morgan fingerprint density at radius 2 is 1.82 bits per heavy atom. The minimum Gasteiger partial charge on any atom is -0.482 e. The van der Waals surface area contributed by atoms with Crippen LogP contribution in [0.2, 0.25) is 0 Å². The van der Waals surface area contributed by atoms with Crippen LogP contribution in [0, 0.1) is 6.92 Å². The van der Waals surface area contributed by atoms with E-state index in [1.54, 1.807) is 31.4 Å². The summed E-state index contributed by atoms with van der Waals surface area (Å²) in [5.41, 5.74) is 4.12. The van der Waals surface area contributed by atoms with E-state index < -0.39 is 29.7 Å². The van der Waals surface area contributed by atoms with Gasteiger partial charge in [-0.1, -0.05) is 6.07 Å². The SMILES string of the molecule is Cc1cc(-c2cc3c(cc2Nc2cccc4c2C(=O)N([C@H]2CCC(=O)NC2=O)C4=O)N(C)C(=O)CO3)ccn1. The van der Waals surface area contributed by atoms with Crippen molar-refractivity contribution in [2.45, 2.75) is 25.8 Å². The van der Waals surface area contributed by atoms with Gasteiger partial charge < -0.3 is 15.0 Å². The average Bonchev–Trinajstić information content (AvgIpc) is 3.17. The smallest absolute Gasteiger partial charge is 0.264 e. The first kappa shape index (κ1) is 24.3. The molecular formula is C28H23N5O6. The van der Waals surface area contributed by atoms with E-state index in [-0.39, 0.29) is 36.5 Å². The van der Waals surface area contributed by atoms with Gasteiger partial charge in [0.05, 0.1) is 22.5 Å². The zero-order chi connectivity index (χ0) is 27.4. The van der Waals surface area contributed by atoms with E-state index in [0.29, 0.717) is 22.8 Å². The highest BCUT2D eigenvalue weighted by molar-refractivity contribution is 6.25. The number of carbonyl (C=O) groups excluding carboxylic acids is 5. The molecule has 2 N–H and O–H groups in total. The lowest BCUT2D eigenvalue weighted by molar-refractivity contribution is -0.136. The second-order valence-electron chi connectivity index (χ2n) is 9.59. The highest BCUT2D eigenvalue weighted by atomic mass is 16.5. The van der Waals surface area contributed by atoms with E-state index in [2.05, 4.69) is 15.6 Å². The van der Waals surface area contributed by atoms with Crippen LogP contribution in [0.1, 0.15) is 39.3 Å². The van der Waals surface area contributed by atoms with E-state index in [4.69, 9.17) is 4.74 Å². The van der Waals surface area contributed by atoms with Crippen molar-refractivity contribution < 1.29 is 28.7 Å². The van der Waals surface area contributed by atoms with Gasteiger partial charge in [0.25, 0.3) is 17.7 Å². The maximum atomic E-state index is 13.6. The van der Waals surface area contributed by atoms with Gasteiger partial charge in [0, 0.05) is 36.6 Å². The quantitative estimate of drug-likeness (QED) is 0.496. The van der Waals surface area contributed by atoms with Crippen LogP contribution in [-0.2, 0) is 14.4 Å². The fourth-order valence-electron chi connectivity index (χ4n) is 5.14. The Labute approximate surface area is 222 Å². The number of rotatable bonds is 4. The van der Waals surface area contributed by atoms with E-state index >= 15 is 0 Å². The summed E-state index contributed by atoms with van der Waals surface area (Å²) in [5.74, 6) is -2.00. The van der Waals surface area contributed by atoms with Crippen molar-refractivity contribution in [3.05, 3.63) is 65.5 Å². The molecule has 1 fully saturated rings. The summed E-state index contributed by atoms with van der Waals surface area (Å²) in [7, 11) is 1.66. The molecule has 3 aliphatic rings. The molecule has 1 atom stereocenters. The van der Waals surface area contributed by atoms with Crippen molar-refractivity contribution in [2.24, 2.45) is 0 Å². The zero-order valence-electron chi connectivity index (χ0n) is 21.1. The molecule has 2 aromatic carbocycles. The van der Waals surface area contributed by atoms with Crippen LogP contribution < -0.4 is 20.3 Å². The van der Waals surface area contributed by atoms with Crippen molar-refractivity contribution >= 4 is 46.6 Å². The lowest BCUT2D eigenvalue weighted by Gasteiger charge is -2.28. The van der Waals surface area contributed by atoms with Gasteiger partial charge in [-0.15, -0.1) is 0 Å². The van der Waals surface area contributed by atoms with Crippen molar-refractivity contribution in [1.29, 1.82) is 0 Å². The first-order valence-electron chi connectivity index (χ1n) is 12.3. The lowest BCUT2D eigenvalue weighted by atomic mass is 10.0. The lowest BCUT2D eigenvalue weighted by Crippen LogP contribution is -2.54. The zero-order valence-corrected chi connectivity index (χ0v) is 21.1. The van der Waals surface area contributed by atoms with Gasteiger partial charge in [0.15, 0.2) is 6.61 Å². The van der Waals surface area contributed by atoms with Crippen molar-refractivity contribution in [3.8, 4) is 16.9 Å². The van der Waals surface area contributed by atoms with Gasteiger partial charge in [0.1, 0.15) is 11.8 Å². The number of anilines is 3. The third-order valence-electron chi connectivity index (χ3n) is 7.13. The van der Waals surface area contributed by atoms with Gasteiger partial charge >= 0.3 is 0 Å². The molecule has 4 heterocycles. The Balaban J connectivity index is 1.44. The number of benzene rings is 2. The highest BCUT2D eigenvalue weighted by Crippen LogP contribution is 2.43. The normalized spacial score (nSPS) is 18.5. The summed E-state index contributed by atoms with van der Waals surface area (Å²) in [6, 6.07) is 11.1. The Kier molecular flexibility index (Phi) is 5.63. The Hall–Kier alpha value is -5.06. The van der Waals surface area contributed by atoms with Gasteiger partial charge in [-0.25, -0.2) is 0 Å². The van der Waals surface area contributed by atoms with Crippen molar-refractivity contribution in [3.63, 3.8) is 0 Å². The monoisotopic (exact) mass is 525 g/mol. The number of ether oxygens (including phenoxy) is 1. The number of amides is 5. The molecule has 0 saturated carbocycles. The summed E-state index contributed by atoms with van der Waals surface area (Å²) in [5, 5.41) is 5.51. The number of piperidine rings is 1. The molecule has 0 bridgehead atoms. The molecular weight excluding hydrogens is 502 g/mol. The number of fused-ring (bicyclic) bond motifs is 2. The largest absolute Gasteiger partial charge is 0.482 e. The standard InChI is InChI=1S/C28H23N5O6/c1-14-10-15(8-9-29-14)17-11-22-21(32(2)24(35)13-39-22)12-19(17)30-18-5-3-4-16-25(18)28(38)33(27(16)37)20-6-7-23(34)31-26(20)36/h3-5,8-12,20,30H,6-7,13H2,1-2H3,(H,31,34,36)/t20-/m0/s1. The minimum atomic E-state index is -1.07. The third-order valence-corrected chi connectivity index (χ3v) is 7.13. The summed E-state index contributed by atoms with van der Waals surface area (Å²) >= 11 is 0. The summed E-state index contributed by atoms with van der Waals surface area (Å²) in [6.07, 6.45) is 1.79. The number of pyridine rings is 1. The molecule has 0 radical (unpaired) electrons. The first-order valence-corrected chi connectivity index (χ1v) is 12.3. The predicted molar refractivity (Wildman–Crippen MR) is 140 cm³/mol. The second kappa shape index (κ2) is 9.05. The average molecular weight is 526 g/mol. The number of likely N-dealkylation sites (N-methyl/N-ethyl adjacent to an activating group) is 1. The van der Waals surface area contributed by atoms with Crippen LogP contribution >= 0.6 is 0 Å². The molecule has 6 rings (SSSR count). The van der Waals surface area contributed by atoms with Crippen LogP contribution in [0.4, 0.5) is 17.1 Å². The number of nitrogens with zero attached hydrogens (tertiary/aromatic N) is 3. The van der Waals surface area contributed by atoms with Gasteiger partial charge in [-0.05, 0) is 55.3 Å². The van der Waals surface area contributed by atoms with E-state index in [0.717, 1.165) is 21.7 Å². The van der Waals surface area contributed by atoms with Crippen LogP contribution in [0.25, 0.3) is 11.1 Å². The van der Waals surface area contributed by atoms with Crippen LogP contribution in [0.15, 0.2) is 48.7 Å². The fourth-order valence-corrected chi connectivity index (χ4v) is 5.14. The third kappa shape index (κ3) is 3.99. The van der Waals surface area contributed by atoms with Crippen molar-refractivity contribution in [1.82, 2.24) is 15.2 Å². The molecule has 0 aliphatic carbocycles.